The van der Waals surface area contributed by atoms with E-state index in [9.17, 15) is 13.2 Å². The average molecular weight is 355 g/mol. The molecule has 0 fully saturated rings. The molecule has 136 valence electrons. The normalized spacial score (nSPS) is 12.7. The molecule has 0 aliphatic rings. The van der Waals surface area contributed by atoms with Crippen LogP contribution in [0.1, 0.15) is 50.7 Å². The standard InChI is InChI=1S/C18H30N2O3S/c1-6-8-16(4)19-18(21)9-7-12-20(24(5,22)23)17-13-14(2)10-11-15(17)3/h10-11,13,16H,6-9,12H2,1-5H3,(H,19,21)/t16-/m0/s1. The molecule has 0 aliphatic carbocycles. The second-order valence-corrected chi connectivity index (χ2v) is 8.39. The molecule has 0 bridgehead atoms. The monoisotopic (exact) mass is 354 g/mol. The topological polar surface area (TPSA) is 66.5 Å². The van der Waals surface area contributed by atoms with Crippen molar-refractivity contribution >= 4 is 21.6 Å². The van der Waals surface area contributed by atoms with Crippen LogP contribution in [0, 0.1) is 13.8 Å². The van der Waals surface area contributed by atoms with Crippen molar-refractivity contribution in [3.05, 3.63) is 29.3 Å². The van der Waals surface area contributed by atoms with E-state index in [4.69, 9.17) is 0 Å². The lowest BCUT2D eigenvalue weighted by molar-refractivity contribution is -0.121. The van der Waals surface area contributed by atoms with Gasteiger partial charge >= 0.3 is 0 Å². The van der Waals surface area contributed by atoms with Gasteiger partial charge in [-0.3, -0.25) is 9.10 Å². The van der Waals surface area contributed by atoms with Crippen LogP contribution < -0.4 is 9.62 Å². The molecule has 0 radical (unpaired) electrons. The number of rotatable bonds is 9. The van der Waals surface area contributed by atoms with E-state index >= 15 is 0 Å². The fourth-order valence-corrected chi connectivity index (χ4v) is 3.70. The third kappa shape index (κ3) is 6.51. The van der Waals surface area contributed by atoms with Gasteiger partial charge in [0.2, 0.25) is 15.9 Å². The molecule has 0 saturated heterocycles. The Morgan fingerprint density at radius 1 is 1.29 bits per heavy atom. The fraction of sp³-hybridized carbons (Fsp3) is 0.611. The molecule has 1 N–H and O–H groups in total. The van der Waals surface area contributed by atoms with Crippen molar-refractivity contribution in [1.29, 1.82) is 0 Å². The SMILES string of the molecule is CCC[C@H](C)NC(=O)CCCN(c1cc(C)ccc1C)S(C)(=O)=O. The summed E-state index contributed by atoms with van der Waals surface area (Å²) in [5.41, 5.74) is 2.61. The third-order valence-electron chi connectivity index (χ3n) is 3.93. The lowest BCUT2D eigenvalue weighted by Crippen LogP contribution is -2.34. The first kappa shape index (κ1) is 20.5. The molecule has 0 unspecified atom stereocenters. The van der Waals surface area contributed by atoms with Crippen molar-refractivity contribution in [1.82, 2.24) is 5.32 Å². The number of anilines is 1. The van der Waals surface area contributed by atoms with Gasteiger partial charge in [-0.05, 0) is 50.8 Å². The first-order valence-corrected chi connectivity index (χ1v) is 10.3. The summed E-state index contributed by atoms with van der Waals surface area (Å²) in [5, 5.41) is 2.95. The summed E-state index contributed by atoms with van der Waals surface area (Å²) in [6.45, 7) is 8.20. The van der Waals surface area contributed by atoms with E-state index in [1.165, 1.54) is 10.6 Å². The number of nitrogens with zero attached hydrogens (tertiary/aromatic N) is 1. The minimum absolute atomic E-state index is 0.0228. The van der Waals surface area contributed by atoms with E-state index in [2.05, 4.69) is 12.2 Å². The number of nitrogens with one attached hydrogen (secondary N) is 1. The lowest BCUT2D eigenvalue weighted by atomic mass is 10.1. The maximum atomic E-state index is 12.2. The number of benzene rings is 1. The maximum absolute atomic E-state index is 12.2. The molecule has 0 heterocycles. The summed E-state index contributed by atoms with van der Waals surface area (Å²) in [7, 11) is -3.39. The molecule has 5 nitrogen and oxygen atoms in total. The van der Waals surface area contributed by atoms with Crippen LogP contribution >= 0.6 is 0 Å². The zero-order valence-corrected chi connectivity index (χ0v) is 16.2. The Bertz CT molecular complexity index is 656. The number of hydrogen-bond acceptors (Lipinski definition) is 3. The highest BCUT2D eigenvalue weighted by molar-refractivity contribution is 7.92. The quantitative estimate of drug-likeness (QED) is 0.741. The van der Waals surface area contributed by atoms with Crippen molar-refractivity contribution in [2.75, 3.05) is 17.1 Å². The number of carbonyl (C=O) groups excluding carboxylic acids is 1. The molecule has 1 aromatic rings. The number of aryl methyl sites for hydroxylation is 2. The van der Waals surface area contributed by atoms with Crippen molar-refractivity contribution in [2.45, 2.75) is 59.4 Å². The summed E-state index contributed by atoms with van der Waals surface area (Å²) < 4.78 is 25.7. The van der Waals surface area contributed by atoms with Gasteiger partial charge in [0.05, 0.1) is 11.9 Å². The number of hydrogen-bond donors (Lipinski definition) is 1. The van der Waals surface area contributed by atoms with E-state index in [0.717, 1.165) is 24.0 Å². The highest BCUT2D eigenvalue weighted by Gasteiger charge is 2.19. The molecule has 1 atom stereocenters. The molecule has 6 heteroatoms. The van der Waals surface area contributed by atoms with E-state index in [-0.39, 0.29) is 11.9 Å². The number of amides is 1. The van der Waals surface area contributed by atoms with Crippen LogP contribution in [0.5, 0.6) is 0 Å². The maximum Gasteiger partial charge on any atom is 0.232 e. The van der Waals surface area contributed by atoms with Crippen molar-refractivity contribution < 1.29 is 13.2 Å². The Morgan fingerprint density at radius 2 is 1.96 bits per heavy atom. The highest BCUT2D eigenvalue weighted by atomic mass is 32.2. The highest BCUT2D eigenvalue weighted by Crippen LogP contribution is 2.24. The van der Waals surface area contributed by atoms with Crippen LogP contribution in [0.4, 0.5) is 5.69 Å². The van der Waals surface area contributed by atoms with Crippen LogP contribution in [0.2, 0.25) is 0 Å². The molecular weight excluding hydrogens is 324 g/mol. The van der Waals surface area contributed by atoms with Crippen LogP contribution in [-0.2, 0) is 14.8 Å². The van der Waals surface area contributed by atoms with Gasteiger partial charge in [0.25, 0.3) is 0 Å². The minimum atomic E-state index is -3.39. The molecule has 0 aromatic heterocycles. The second-order valence-electron chi connectivity index (χ2n) is 6.49. The van der Waals surface area contributed by atoms with Crippen molar-refractivity contribution in [3.63, 3.8) is 0 Å². The van der Waals surface area contributed by atoms with Crippen molar-refractivity contribution in [3.8, 4) is 0 Å². The van der Waals surface area contributed by atoms with Gasteiger partial charge in [-0.1, -0.05) is 25.5 Å². The minimum Gasteiger partial charge on any atom is -0.354 e. The lowest BCUT2D eigenvalue weighted by Gasteiger charge is -2.24. The molecule has 0 aliphatic heterocycles. The van der Waals surface area contributed by atoms with Crippen LogP contribution in [0.25, 0.3) is 0 Å². The van der Waals surface area contributed by atoms with Gasteiger partial charge in [0.15, 0.2) is 0 Å². The Morgan fingerprint density at radius 3 is 2.54 bits per heavy atom. The molecule has 1 aromatic carbocycles. The second kappa shape index (κ2) is 9.06. The summed E-state index contributed by atoms with van der Waals surface area (Å²) in [4.78, 5) is 11.9. The van der Waals surface area contributed by atoms with Crippen LogP contribution in [0.3, 0.4) is 0 Å². The predicted molar refractivity (Wildman–Crippen MR) is 99.9 cm³/mol. The van der Waals surface area contributed by atoms with E-state index in [0.29, 0.717) is 25.1 Å². The molecule has 1 amide bonds. The van der Waals surface area contributed by atoms with E-state index < -0.39 is 10.0 Å². The van der Waals surface area contributed by atoms with Gasteiger partial charge in [0.1, 0.15) is 0 Å². The first-order valence-electron chi connectivity index (χ1n) is 8.49. The third-order valence-corrected chi connectivity index (χ3v) is 5.11. The number of sulfonamides is 1. The molecular formula is C18H30N2O3S. The Kier molecular flexibility index (Phi) is 7.73. The Balaban J connectivity index is 2.73. The van der Waals surface area contributed by atoms with Gasteiger partial charge in [-0.15, -0.1) is 0 Å². The van der Waals surface area contributed by atoms with E-state index in [1.54, 1.807) is 0 Å². The number of carbonyl (C=O) groups is 1. The molecule has 24 heavy (non-hydrogen) atoms. The zero-order chi connectivity index (χ0) is 18.3. The van der Waals surface area contributed by atoms with Crippen LogP contribution in [0.15, 0.2) is 18.2 Å². The van der Waals surface area contributed by atoms with Crippen LogP contribution in [-0.4, -0.2) is 33.2 Å². The summed E-state index contributed by atoms with van der Waals surface area (Å²) in [6, 6.07) is 5.91. The summed E-state index contributed by atoms with van der Waals surface area (Å²) in [6.07, 6.45) is 3.99. The van der Waals surface area contributed by atoms with Gasteiger partial charge < -0.3 is 5.32 Å². The van der Waals surface area contributed by atoms with Crippen molar-refractivity contribution in [2.24, 2.45) is 0 Å². The fourth-order valence-electron chi connectivity index (χ4n) is 2.69. The first-order chi connectivity index (χ1) is 11.1. The van der Waals surface area contributed by atoms with Gasteiger partial charge in [0, 0.05) is 19.0 Å². The van der Waals surface area contributed by atoms with Gasteiger partial charge in [-0.2, -0.15) is 0 Å². The zero-order valence-electron chi connectivity index (χ0n) is 15.4. The molecule has 1 rings (SSSR count). The van der Waals surface area contributed by atoms with E-state index in [1.807, 2.05) is 39.0 Å². The summed E-state index contributed by atoms with van der Waals surface area (Å²) in [5.74, 6) is -0.0228. The van der Waals surface area contributed by atoms with Gasteiger partial charge in [-0.25, -0.2) is 8.42 Å². The smallest absolute Gasteiger partial charge is 0.232 e. The molecule has 0 saturated carbocycles. The summed E-state index contributed by atoms with van der Waals surface area (Å²) >= 11 is 0. The Labute approximate surface area is 146 Å². The largest absolute Gasteiger partial charge is 0.354 e. The molecule has 0 spiro atoms. The Hall–Kier alpha value is -1.56. The predicted octanol–water partition coefficient (Wildman–Crippen LogP) is 3.15. The average Bonchev–Trinajstić information content (AvgIpc) is 2.45.